The van der Waals surface area contributed by atoms with Crippen LogP contribution >= 0.6 is 0 Å². The van der Waals surface area contributed by atoms with Gasteiger partial charge in [0.2, 0.25) is 0 Å². The van der Waals surface area contributed by atoms with Crippen LogP contribution in [0.3, 0.4) is 0 Å². The summed E-state index contributed by atoms with van der Waals surface area (Å²) in [6, 6.07) is 0. The highest BCUT2D eigenvalue weighted by Crippen LogP contribution is 2.00. The summed E-state index contributed by atoms with van der Waals surface area (Å²) >= 11 is 0. The molecule has 4 N–H and O–H groups in total. The summed E-state index contributed by atoms with van der Waals surface area (Å²) in [5, 5.41) is 4.44. The van der Waals surface area contributed by atoms with Gasteiger partial charge in [-0.2, -0.15) is 0 Å². The molecule has 1 aromatic rings. The summed E-state index contributed by atoms with van der Waals surface area (Å²) in [5.74, 6) is -0.758. The van der Waals surface area contributed by atoms with E-state index in [4.69, 9.17) is 5.73 Å². The molecule has 60 valence electrons. The number of hydrogen-bond donors (Lipinski definition) is 3. The third kappa shape index (κ3) is 1.09. The molecule has 1 heterocycles. The monoisotopic (exact) mass is 157 g/mol. The van der Waals surface area contributed by atoms with Crippen LogP contribution in [-0.2, 0) is 4.74 Å². The van der Waals surface area contributed by atoms with Crippen molar-refractivity contribution < 1.29 is 9.53 Å². The molecule has 0 radical (unpaired) electrons. The number of nitrogens with one attached hydrogen (secondary N) is 2. The summed E-state index contributed by atoms with van der Waals surface area (Å²) in [7, 11) is 1.17. The number of esters is 1. The van der Waals surface area contributed by atoms with Crippen LogP contribution in [0.25, 0.3) is 0 Å². The molecule has 1 aromatic heterocycles. The normalized spacial score (nSPS) is 9.55. The maximum absolute atomic E-state index is 10.8. The molecule has 0 aliphatic rings. The van der Waals surface area contributed by atoms with Crippen LogP contribution in [0.15, 0.2) is 4.79 Å². The van der Waals surface area contributed by atoms with Crippen LogP contribution in [0.4, 0.5) is 5.82 Å². The average Bonchev–Trinajstić information content (AvgIpc) is 2.30. The van der Waals surface area contributed by atoms with Crippen LogP contribution in [0.2, 0.25) is 0 Å². The van der Waals surface area contributed by atoms with Crippen LogP contribution in [0, 0.1) is 0 Å². The standard InChI is InChI=1S/C5H7N3O3/c1-11-5(10)2-3(6)7-8-4(2)9/h1H3,(H4,6,7,8,9). The Labute approximate surface area is 61.3 Å². The number of rotatable bonds is 1. The van der Waals surface area contributed by atoms with Crippen molar-refractivity contribution >= 4 is 11.8 Å². The number of anilines is 1. The quantitative estimate of drug-likeness (QED) is 0.458. The molecule has 0 aromatic carbocycles. The first-order valence-electron chi connectivity index (χ1n) is 2.81. The van der Waals surface area contributed by atoms with E-state index < -0.39 is 11.5 Å². The Morgan fingerprint density at radius 3 is 2.55 bits per heavy atom. The van der Waals surface area contributed by atoms with E-state index in [-0.39, 0.29) is 11.4 Å². The molecule has 0 unspecified atom stereocenters. The summed E-state index contributed by atoms with van der Waals surface area (Å²) in [6.45, 7) is 0. The van der Waals surface area contributed by atoms with Crippen molar-refractivity contribution in [2.75, 3.05) is 12.8 Å². The number of methoxy groups -OCH3 is 1. The Balaban J connectivity index is 3.21. The fraction of sp³-hybridized carbons (Fsp3) is 0.200. The van der Waals surface area contributed by atoms with Crippen molar-refractivity contribution in [3.63, 3.8) is 0 Å². The molecule has 0 saturated heterocycles. The molecule has 6 heteroatoms. The van der Waals surface area contributed by atoms with E-state index in [0.29, 0.717) is 0 Å². The van der Waals surface area contributed by atoms with Crippen molar-refractivity contribution in [3.8, 4) is 0 Å². The van der Waals surface area contributed by atoms with Gasteiger partial charge in [-0.25, -0.2) is 4.79 Å². The highest BCUT2D eigenvalue weighted by molar-refractivity contribution is 5.93. The van der Waals surface area contributed by atoms with Crippen molar-refractivity contribution in [1.82, 2.24) is 10.2 Å². The lowest BCUT2D eigenvalue weighted by atomic mass is 10.3. The lowest BCUT2D eigenvalue weighted by molar-refractivity contribution is 0.0600. The maximum Gasteiger partial charge on any atom is 0.347 e. The van der Waals surface area contributed by atoms with Crippen molar-refractivity contribution in [3.05, 3.63) is 15.9 Å². The van der Waals surface area contributed by atoms with E-state index in [0.717, 1.165) is 0 Å². The number of hydrogen-bond acceptors (Lipinski definition) is 4. The predicted molar refractivity (Wildman–Crippen MR) is 37.2 cm³/mol. The van der Waals surface area contributed by atoms with E-state index in [9.17, 15) is 9.59 Å². The van der Waals surface area contributed by atoms with Crippen molar-refractivity contribution in [2.24, 2.45) is 0 Å². The number of H-pyrrole nitrogens is 2. The van der Waals surface area contributed by atoms with Gasteiger partial charge in [0.25, 0.3) is 5.56 Å². The van der Waals surface area contributed by atoms with Gasteiger partial charge in [-0.05, 0) is 0 Å². The minimum atomic E-state index is -0.745. The maximum atomic E-state index is 10.8. The van der Waals surface area contributed by atoms with E-state index in [1.54, 1.807) is 0 Å². The van der Waals surface area contributed by atoms with E-state index in [1.807, 2.05) is 0 Å². The van der Waals surface area contributed by atoms with Crippen molar-refractivity contribution in [1.29, 1.82) is 0 Å². The molecule has 11 heavy (non-hydrogen) atoms. The van der Waals surface area contributed by atoms with Gasteiger partial charge in [0.05, 0.1) is 7.11 Å². The molecule has 0 amide bonds. The summed E-state index contributed by atoms with van der Waals surface area (Å²) in [5.41, 5.74) is 4.47. The Morgan fingerprint density at radius 1 is 1.55 bits per heavy atom. The van der Waals surface area contributed by atoms with Gasteiger partial charge in [0.15, 0.2) is 5.56 Å². The number of ether oxygens (including phenoxy) is 1. The third-order valence-electron chi connectivity index (χ3n) is 1.20. The fourth-order valence-corrected chi connectivity index (χ4v) is 0.676. The summed E-state index contributed by atoms with van der Waals surface area (Å²) in [4.78, 5) is 21.5. The Bertz CT molecular complexity index is 324. The molecule has 0 bridgehead atoms. The van der Waals surface area contributed by atoms with Crippen LogP contribution in [0.5, 0.6) is 0 Å². The second kappa shape index (κ2) is 2.49. The molecule has 0 aliphatic carbocycles. The average molecular weight is 157 g/mol. The predicted octanol–water partition coefficient (Wildman–Crippen LogP) is -0.928. The van der Waals surface area contributed by atoms with Gasteiger partial charge in [-0.3, -0.25) is 15.0 Å². The van der Waals surface area contributed by atoms with Gasteiger partial charge in [-0.1, -0.05) is 0 Å². The largest absolute Gasteiger partial charge is 0.465 e. The molecule has 6 nitrogen and oxygen atoms in total. The first kappa shape index (κ1) is 7.39. The molecule has 0 spiro atoms. The minimum Gasteiger partial charge on any atom is -0.465 e. The number of aromatic nitrogens is 2. The van der Waals surface area contributed by atoms with Gasteiger partial charge in [0, 0.05) is 0 Å². The van der Waals surface area contributed by atoms with E-state index in [2.05, 4.69) is 14.9 Å². The number of carbonyl (C=O) groups is 1. The fourth-order valence-electron chi connectivity index (χ4n) is 0.676. The lowest BCUT2D eigenvalue weighted by Crippen LogP contribution is -2.14. The zero-order valence-electron chi connectivity index (χ0n) is 5.80. The van der Waals surface area contributed by atoms with Gasteiger partial charge in [-0.15, -0.1) is 0 Å². The molecule has 0 fully saturated rings. The van der Waals surface area contributed by atoms with Crippen LogP contribution in [-0.4, -0.2) is 23.3 Å². The smallest absolute Gasteiger partial charge is 0.347 e. The Kier molecular flexibility index (Phi) is 1.67. The minimum absolute atomic E-state index is 0.0122. The lowest BCUT2D eigenvalue weighted by Gasteiger charge is -1.92. The molecule has 0 aliphatic heterocycles. The number of aromatic amines is 2. The second-order valence-electron chi connectivity index (χ2n) is 1.86. The van der Waals surface area contributed by atoms with Crippen molar-refractivity contribution in [2.45, 2.75) is 0 Å². The SMILES string of the molecule is COC(=O)c1c(N)[nH][nH]c1=O. The number of carbonyl (C=O) groups excluding carboxylic acids is 1. The molecular weight excluding hydrogens is 150 g/mol. The second-order valence-corrected chi connectivity index (χ2v) is 1.86. The zero-order valence-corrected chi connectivity index (χ0v) is 5.80. The van der Waals surface area contributed by atoms with E-state index >= 15 is 0 Å². The third-order valence-corrected chi connectivity index (χ3v) is 1.20. The number of nitrogens with two attached hydrogens (primary N) is 1. The van der Waals surface area contributed by atoms with Gasteiger partial charge in [0.1, 0.15) is 5.82 Å². The van der Waals surface area contributed by atoms with E-state index in [1.165, 1.54) is 7.11 Å². The first-order chi connectivity index (χ1) is 5.16. The van der Waals surface area contributed by atoms with Gasteiger partial charge < -0.3 is 10.5 Å². The van der Waals surface area contributed by atoms with Crippen LogP contribution in [0.1, 0.15) is 10.4 Å². The first-order valence-corrected chi connectivity index (χ1v) is 2.81. The highest BCUT2D eigenvalue weighted by Gasteiger charge is 2.15. The zero-order chi connectivity index (χ0) is 8.43. The molecule has 0 saturated carbocycles. The topological polar surface area (TPSA) is 101 Å². The Hall–Kier alpha value is -1.72. The Morgan fingerprint density at radius 2 is 2.18 bits per heavy atom. The molecular formula is C5H7N3O3. The van der Waals surface area contributed by atoms with Gasteiger partial charge >= 0.3 is 5.97 Å². The summed E-state index contributed by atoms with van der Waals surface area (Å²) < 4.78 is 4.30. The molecule has 0 atom stereocenters. The molecule has 1 rings (SSSR count). The summed E-state index contributed by atoms with van der Waals surface area (Å²) in [6.07, 6.45) is 0. The highest BCUT2D eigenvalue weighted by atomic mass is 16.5. The number of nitrogen functional groups attached to an aromatic ring is 1. The van der Waals surface area contributed by atoms with Crippen LogP contribution < -0.4 is 11.3 Å².